The number of carboxylic acids is 1. The first-order chi connectivity index (χ1) is 12.7. The van der Waals surface area contributed by atoms with Crippen LogP contribution in [0.1, 0.15) is 24.7 Å². The van der Waals surface area contributed by atoms with E-state index in [2.05, 4.69) is 0 Å². The van der Waals surface area contributed by atoms with Crippen molar-refractivity contribution in [3.8, 4) is 11.5 Å². The number of hydrogen-bond donors (Lipinski definition) is 2. The Labute approximate surface area is 154 Å². The number of nitrogens with zero attached hydrogens (tertiary/aromatic N) is 2. The summed E-state index contributed by atoms with van der Waals surface area (Å²) in [4.78, 5) is 46.7. The van der Waals surface area contributed by atoms with Crippen LogP contribution < -0.4 is 15.6 Å². The molecule has 0 aliphatic rings. The summed E-state index contributed by atoms with van der Waals surface area (Å²) in [6.07, 6.45) is 2.64. The highest BCUT2D eigenvalue weighted by Crippen LogP contribution is 2.16. The highest BCUT2D eigenvalue weighted by atomic mass is 16.5. The number of ether oxygens (including phenoxy) is 1. The van der Waals surface area contributed by atoms with Gasteiger partial charge in [0.15, 0.2) is 11.5 Å². The Hall–Kier alpha value is -3.36. The molecule has 0 aromatic carbocycles. The zero-order valence-corrected chi connectivity index (χ0v) is 15.0. The molecule has 0 amide bonds. The van der Waals surface area contributed by atoms with Gasteiger partial charge in [0.05, 0.1) is 24.2 Å². The number of rotatable bonds is 7. The first-order valence-electron chi connectivity index (χ1n) is 8.26. The number of pyridine rings is 2. The van der Waals surface area contributed by atoms with Gasteiger partial charge in [0, 0.05) is 38.1 Å². The molecule has 27 heavy (non-hydrogen) atoms. The number of aromatic hydroxyl groups is 1. The maximum Gasteiger partial charge on any atom is 0.313 e. The van der Waals surface area contributed by atoms with Crippen molar-refractivity contribution in [3.05, 3.63) is 56.4 Å². The minimum atomic E-state index is -1.16. The van der Waals surface area contributed by atoms with Crippen molar-refractivity contribution in [1.82, 2.24) is 9.13 Å². The van der Waals surface area contributed by atoms with E-state index in [4.69, 9.17) is 9.84 Å². The quantitative estimate of drug-likeness (QED) is 0.671. The Morgan fingerprint density at radius 1 is 1.11 bits per heavy atom. The lowest BCUT2D eigenvalue weighted by Gasteiger charge is -2.14. The van der Waals surface area contributed by atoms with Gasteiger partial charge >= 0.3 is 11.9 Å². The average molecular weight is 376 g/mol. The number of carbonyl (C=O) groups excluding carboxylic acids is 1. The molecule has 0 unspecified atom stereocenters. The normalized spacial score (nSPS) is 10.6. The van der Waals surface area contributed by atoms with E-state index >= 15 is 0 Å². The van der Waals surface area contributed by atoms with Crippen molar-refractivity contribution in [2.75, 3.05) is 0 Å². The van der Waals surface area contributed by atoms with Gasteiger partial charge in [0.1, 0.15) is 0 Å². The van der Waals surface area contributed by atoms with Crippen LogP contribution in [-0.4, -0.2) is 31.3 Å². The molecular weight excluding hydrogens is 356 g/mol. The summed E-state index contributed by atoms with van der Waals surface area (Å²) in [6.45, 7) is 1.88. The van der Waals surface area contributed by atoms with Crippen LogP contribution >= 0.6 is 0 Å². The molecule has 2 heterocycles. The summed E-state index contributed by atoms with van der Waals surface area (Å²) in [7, 11) is 1.55. The van der Waals surface area contributed by atoms with Gasteiger partial charge in [-0.05, 0) is 6.42 Å². The Morgan fingerprint density at radius 3 is 2.41 bits per heavy atom. The van der Waals surface area contributed by atoms with Crippen molar-refractivity contribution >= 4 is 11.9 Å². The third-order valence-electron chi connectivity index (χ3n) is 4.05. The standard InChI is InChI=1S/C18H20N2O7/c1-3-11-17(26)13(21)5-8-20(11)9-6-16(25)27-18-12(10-15(23)24)19(2)7-4-14(18)22/h4-5,7-8,26H,3,6,9-10H2,1-2H3,(H,23,24). The van der Waals surface area contributed by atoms with Crippen LogP contribution in [0.3, 0.4) is 0 Å². The van der Waals surface area contributed by atoms with Crippen LogP contribution in [0.25, 0.3) is 0 Å². The summed E-state index contributed by atoms with van der Waals surface area (Å²) in [5, 5.41) is 18.8. The van der Waals surface area contributed by atoms with E-state index in [1.807, 2.05) is 0 Å². The van der Waals surface area contributed by atoms with Gasteiger partial charge in [-0.1, -0.05) is 6.92 Å². The summed E-state index contributed by atoms with van der Waals surface area (Å²) >= 11 is 0. The predicted octanol–water partition coefficient (Wildman–Crippen LogP) is 0.438. The second kappa shape index (κ2) is 8.35. The van der Waals surface area contributed by atoms with Crippen LogP contribution in [0.2, 0.25) is 0 Å². The van der Waals surface area contributed by atoms with Crippen molar-refractivity contribution in [2.24, 2.45) is 7.05 Å². The molecule has 0 saturated heterocycles. The van der Waals surface area contributed by atoms with E-state index in [1.54, 1.807) is 18.5 Å². The van der Waals surface area contributed by atoms with Crippen molar-refractivity contribution in [1.29, 1.82) is 0 Å². The van der Waals surface area contributed by atoms with Crippen molar-refractivity contribution in [2.45, 2.75) is 32.7 Å². The lowest BCUT2D eigenvalue weighted by Crippen LogP contribution is -2.22. The molecule has 2 N–H and O–H groups in total. The van der Waals surface area contributed by atoms with Gasteiger partial charge in [0.2, 0.25) is 10.9 Å². The molecule has 9 nitrogen and oxygen atoms in total. The van der Waals surface area contributed by atoms with Crippen molar-refractivity contribution in [3.63, 3.8) is 0 Å². The molecule has 0 spiro atoms. The molecule has 0 saturated carbocycles. The molecule has 0 aliphatic heterocycles. The number of hydrogen-bond acceptors (Lipinski definition) is 6. The minimum Gasteiger partial charge on any atom is -0.503 e. The van der Waals surface area contributed by atoms with Gasteiger partial charge in [-0.15, -0.1) is 0 Å². The topological polar surface area (TPSA) is 128 Å². The smallest absolute Gasteiger partial charge is 0.313 e. The largest absolute Gasteiger partial charge is 0.503 e. The number of aromatic nitrogens is 2. The molecule has 0 bridgehead atoms. The Balaban J connectivity index is 2.19. The fourth-order valence-corrected chi connectivity index (χ4v) is 2.67. The van der Waals surface area contributed by atoms with E-state index < -0.39 is 29.2 Å². The lowest BCUT2D eigenvalue weighted by molar-refractivity contribution is -0.137. The van der Waals surface area contributed by atoms with E-state index in [1.165, 1.54) is 29.1 Å². The summed E-state index contributed by atoms with van der Waals surface area (Å²) in [5.41, 5.74) is -0.624. The maximum absolute atomic E-state index is 12.2. The van der Waals surface area contributed by atoms with Gasteiger partial charge in [-0.2, -0.15) is 0 Å². The highest BCUT2D eigenvalue weighted by Gasteiger charge is 2.18. The fourth-order valence-electron chi connectivity index (χ4n) is 2.67. The predicted molar refractivity (Wildman–Crippen MR) is 95.0 cm³/mol. The monoisotopic (exact) mass is 376 g/mol. The van der Waals surface area contributed by atoms with E-state index in [9.17, 15) is 24.3 Å². The number of aryl methyl sites for hydroxylation is 2. The second-order valence-electron chi connectivity index (χ2n) is 5.88. The molecule has 2 rings (SSSR count). The van der Waals surface area contributed by atoms with Crippen LogP contribution in [0.15, 0.2) is 34.1 Å². The van der Waals surface area contributed by atoms with Crippen molar-refractivity contribution < 1.29 is 24.5 Å². The number of esters is 1. The van der Waals surface area contributed by atoms with Gasteiger partial charge in [-0.25, -0.2) is 0 Å². The van der Waals surface area contributed by atoms with Crippen LogP contribution in [0, 0.1) is 0 Å². The third-order valence-corrected chi connectivity index (χ3v) is 4.05. The lowest BCUT2D eigenvalue weighted by atomic mass is 10.2. The average Bonchev–Trinajstić information content (AvgIpc) is 2.61. The Bertz CT molecular complexity index is 988. The molecule has 0 radical (unpaired) electrons. The molecule has 2 aromatic heterocycles. The van der Waals surface area contributed by atoms with Gasteiger partial charge in [-0.3, -0.25) is 19.2 Å². The zero-order valence-electron chi connectivity index (χ0n) is 15.0. The van der Waals surface area contributed by atoms with Crippen LogP contribution in [0.5, 0.6) is 11.5 Å². The number of aliphatic carboxylic acids is 1. The fraction of sp³-hybridized carbons (Fsp3) is 0.333. The molecule has 2 aromatic rings. The first-order valence-corrected chi connectivity index (χ1v) is 8.26. The first kappa shape index (κ1) is 20.0. The molecule has 144 valence electrons. The number of carboxylic acid groups (broad SMARTS) is 1. The molecular formula is C18H20N2O7. The summed E-state index contributed by atoms with van der Waals surface area (Å²) in [5.74, 6) is -2.57. The minimum absolute atomic E-state index is 0.0820. The highest BCUT2D eigenvalue weighted by molar-refractivity contribution is 5.74. The van der Waals surface area contributed by atoms with E-state index in [0.29, 0.717) is 12.1 Å². The summed E-state index contributed by atoms with van der Waals surface area (Å²) in [6, 6.07) is 2.38. The Morgan fingerprint density at radius 2 is 1.78 bits per heavy atom. The zero-order chi connectivity index (χ0) is 20.1. The summed E-state index contributed by atoms with van der Waals surface area (Å²) < 4.78 is 8.10. The van der Waals surface area contributed by atoms with Gasteiger partial charge < -0.3 is 24.1 Å². The molecule has 0 aliphatic carbocycles. The van der Waals surface area contributed by atoms with Crippen LogP contribution in [-0.2, 0) is 36.0 Å². The molecule has 0 atom stereocenters. The molecule has 9 heteroatoms. The van der Waals surface area contributed by atoms with Crippen LogP contribution in [0.4, 0.5) is 0 Å². The SMILES string of the molecule is CCc1c(O)c(=O)ccn1CCC(=O)Oc1c(CC(=O)O)n(C)ccc1=O. The molecule has 0 fully saturated rings. The second-order valence-corrected chi connectivity index (χ2v) is 5.88. The van der Waals surface area contributed by atoms with E-state index in [0.717, 1.165) is 0 Å². The maximum atomic E-state index is 12.2. The van der Waals surface area contributed by atoms with E-state index in [-0.39, 0.29) is 30.2 Å². The van der Waals surface area contributed by atoms with Gasteiger partial charge in [0.25, 0.3) is 0 Å². The Kier molecular flexibility index (Phi) is 6.17. The third kappa shape index (κ3) is 4.63. The number of carbonyl (C=O) groups is 2.